The molecule has 23 heavy (non-hydrogen) atoms. The zero-order valence-electron chi connectivity index (χ0n) is 13.1. The van der Waals surface area contributed by atoms with Crippen LogP contribution >= 0.6 is 0 Å². The van der Waals surface area contributed by atoms with E-state index < -0.39 is 11.6 Å². The average molecular weight is 321 g/mol. The van der Waals surface area contributed by atoms with Crippen LogP contribution in [0.5, 0.6) is 0 Å². The third-order valence-corrected chi connectivity index (χ3v) is 4.29. The van der Waals surface area contributed by atoms with Crippen molar-refractivity contribution >= 4 is 0 Å². The highest BCUT2D eigenvalue weighted by atomic mass is 19.1. The van der Waals surface area contributed by atoms with Crippen LogP contribution in [0.4, 0.5) is 8.78 Å². The molecule has 1 aromatic carbocycles. The number of para-hydroxylation sites is 1. The predicted molar refractivity (Wildman–Crippen MR) is 83.2 cm³/mol. The molecule has 0 radical (unpaired) electrons. The summed E-state index contributed by atoms with van der Waals surface area (Å²) >= 11 is 0. The summed E-state index contributed by atoms with van der Waals surface area (Å²) in [6.45, 7) is 3.38. The Morgan fingerprint density at radius 1 is 1.30 bits per heavy atom. The van der Waals surface area contributed by atoms with E-state index in [9.17, 15) is 13.9 Å². The van der Waals surface area contributed by atoms with Crippen molar-refractivity contribution in [2.75, 3.05) is 6.54 Å². The van der Waals surface area contributed by atoms with E-state index in [0.29, 0.717) is 12.6 Å². The highest BCUT2D eigenvalue weighted by Crippen LogP contribution is 2.24. The highest BCUT2D eigenvalue weighted by molar-refractivity contribution is 5.34. The monoisotopic (exact) mass is 321 g/mol. The molecular weight excluding hydrogens is 300 g/mol. The lowest BCUT2D eigenvalue weighted by Gasteiger charge is -2.24. The molecule has 0 aliphatic carbocycles. The Morgan fingerprint density at radius 3 is 2.74 bits per heavy atom. The zero-order chi connectivity index (χ0) is 16.4. The van der Waals surface area contributed by atoms with Gasteiger partial charge in [0.1, 0.15) is 5.69 Å². The largest absolute Gasteiger partial charge is 0.393 e. The summed E-state index contributed by atoms with van der Waals surface area (Å²) in [5.74, 6) is -1.26. The summed E-state index contributed by atoms with van der Waals surface area (Å²) in [6.07, 6.45) is 4.15. The summed E-state index contributed by atoms with van der Waals surface area (Å²) in [5.41, 5.74) is 0.617. The Kier molecular flexibility index (Phi) is 4.73. The van der Waals surface area contributed by atoms with Gasteiger partial charge in [-0.2, -0.15) is 5.10 Å². The molecule has 1 aromatic heterocycles. The number of aliphatic hydroxyl groups excluding tert-OH is 1. The van der Waals surface area contributed by atoms with Crippen LogP contribution in [0.1, 0.15) is 31.9 Å². The van der Waals surface area contributed by atoms with E-state index in [0.717, 1.165) is 31.5 Å². The van der Waals surface area contributed by atoms with Gasteiger partial charge in [-0.25, -0.2) is 13.5 Å². The van der Waals surface area contributed by atoms with E-state index in [1.54, 1.807) is 19.2 Å². The third kappa shape index (κ3) is 3.59. The van der Waals surface area contributed by atoms with Gasteiger partial charge in [0.25, 0.3) is 0 Å². The fourth-order valence-electron chi connectivity index (χ4n) is 3.25. The van der Waals surface area contributed by atoms with Crippen LogP contribution in [0.3, 0.4) is 0 Å². The topological polar surface area (TPSA) is 41.3 Å². The van der Waals surface area contributed by atoms with Crippen LogP contribution in [-0.2, 0) is 6.54 Å². The summed E-state index contributed by atoms with van der Waals surface area (Å²) in [7, 11) is 0. The van der Waals surface area contributed by atoms with Crippen molar-refractivity contribution in [3.63, 3.8) is 0 Å². The maximum Gasteiger partial charge on any atom is 0.151 e. The van der Waals surface area contributed by atoms with E-state index in [-0.39, 0.29) is 11.8 Å². The molecule has 4 nitrogen and oxygen atoms in total. The van der Waals surface area contributed by atoms with Crippen molar-refractivity contribution < 1.29 is 13.9 Å². The second-order valence-electron chi connectivity index (χ2n) is 6.17. The third-order valence-electron chi connectivity index (χ3n) is 4.29. The van der Waals surface area contributed by atoms with Crippen molar-refractivity contribution in [2.45, 2.75) is 44.9 Å². The Labute approximate surface area is 134 Å². The number of likely N-dealkylation sites (tertiary alicyclic amines) is 1. The Balaban J connectivity index is 1.75. The maximum absolute atomic E-state index is 13.8. The van der Waals surface area contributed by atoms with Gasteiger partial charge in [0.05, 0.1) is 11.8 Å². The number of rotatable bonds is 5. The molecule has 2 aromatic rings. The minimum absolute atomic E-state index is 0.152. The van der Waals surface area contributed by atoms with Gasteiger partial charge in [-0.05, 0) is 50.9 Å². The van der Waals surface area contributed by atoms with Crippen LogP contribution in [0.25, 0.3) is 5.69 Å². The molecule has 124 valence electrons. The maximum atomic E-state index is 13.8. The van der Waals surface area contributed by atoms with Crippen LogP contribution in [0, 0.1) is 11.6 Å². The second kappa shape index (κ2) is 6.76. The first-order chi connectivity index (χ1) is 11.0. The van der Waals surface area contributed by atoms with Crippen molar-refractivity contribution in [1.82, 2.24) is 14.7 Å². The van der Waals surface area contributed by atoms with E-state index in [1.807, 2.05) is 0 Å². The van der Waals surface area contributed by atoms with Crippen LogP contribution in [0.15, 0.2) is 30.5 Å². The number of nitrogens with zero attached hydrogens (tertiary/aromatic N) is 3. The summed E-state index contributed by atoms with van der Waals surface area (Å²) < 4.78 is 28.9. The number of benzene rings is 1. The molecule has 0 bridgehead atoms. The van der Waals surface area contributed by atoms with Crippen molar-refractivity contribution in [2.24, 2.45) is 0 Å². The van der Waals surface area contributed by atoms with E-state index >= 15 is 0 Å². The fourth-order valence-corrected chi connectivity index (χ4v) is 3.25. The number of aliphatic hydroxyl groups is 1. The van der Waals surface area contributed by atoms with Crippen molar-refractivity contribution in [3.8, 4) is 5.69 Å². The van der Waals surface area contributed by atoms with E-state index in [4.69, 9.17) is 0 Å². The number of halogens is 2. The molecule has 2 unspecified atom stereocenters. The molecule has 1 aliphatic heterocycles. The molecule has 2 atom stereocenters. The average Bonchev–Trinajstić information content (AvgIpc) is 3.09. The van der Waals surface area contributed by atoms with Crippen molar-refractivity contribution in [3.05, 3.63) is 47.8 Å². The quantitative estimate of drug-likeness (QED) is 0.921. The second-order valence-corrected chi connectivity index (χ2v) is 6.17. The fraction of sp³-hybridized carbons (Fsp3) is 0.471. The number of hydrogen-bond acceptors (Lipinski definition) is 3. The standard InChI is InChI=1S/C17H21F2N3O/c1-12(23)10-14-4-3-8-21(14)11-13-7-9-22(20-13)17-15(18)5-2-6-16(17)19/h2,5-7,9,12,14,23H,3-4,8,10-11H2,1H3. The molecule has 1 aliphatic rings. The SMILES string of the molecule is CC(O)CC1CCCN1Cc1ccn(-c2c(F)cccc2F)n1. The Bertz CT molecular complexity index is 651. The first-order valence-corrected chi connectivity index (χ1v) is 7.95. The lowest BCUT2D eigenvalue weighted by Crippen LogP contribution is -2.31. The first-order valence-electron chi connectivity index (χ1n) is 7.95. The van der Waals surface area contributed by atoms with Crippen LogP contribution in [-0.4, -0.2) is 38.5 Å². The minimum Gasteiger partial charge on any atom is -0.393 e. The summed E-state index contributed by atoms with van der Waals surface area (Å²) in [5, 5.41) is 13.9. The molecular formula is C17H21F2N3O. The first kappa shape index (κ1) is 16.1. The highest BCUT2D eigenvalue weighted by Gasteiger charge is 2.26. The summed E-state index contributed by atoms with van der Waals surface area (Å²) in [4.78, 5) is 2.27. The molecule has 2 heterocycles. The van der Waals surface area contributed by atoms with Gasteiger partial charge in [0.2, 0.25) is 0 Å². The molecule has 0 amide bonds. The normalized spacial score (nSPS) is 20.1. The lowest BCUT2D eigenvalue weighted by atomic mass is 10.1. The van der Waals surface area contributed by atoms with Gasteiger partial charge < -0.3 is 5.11 Å². The van der Waals surface area contributed by atoms with Crippen molar-refractivity contribution in [1.29, 1.82) is 0 Å². The Hall–Kier alpha value is -1.79. The van der Waals surface area contributed by atoms with Gasteiger partial charge in [0.15, 0.2) is 11.6 Å². The number of aromatic nitrogens is 2. The smallest absolute Gasteiger partial charge is 0.151 e. The predicted octanol–water partition coefficient (Wildman–Crippen LogP) is 2.89. The van der Waals surface area contributed by atoms with Crippen LogP contribution < -0.4 is 0 Å². The lowest BCUT2D eigenvalue weighted by molar-refractivity contribution is 0.130. The molecule has 0 saturated carbocycles. The van der Waals surface area contributed by atoms with Gasteiger partial charge in [-0.15, -0.1) is 0 Å². The van der Waals surface area contributed by atoms with Crippen LogP contribution in [0.2, 0.25) is 0 Å². The molecule has 1 N–H and O–H groups in total. The van der Waals surface area contributed by atoms with Gasteiger partial charge in [-0.3, -0.25) is 4.90 Å². The summed E-state index contributed by atoms with van der Waals surface area (Å²) in [6, 6.07) is 5.90. The van der Waals surface area contributed by atoms with E-state index in [2.05, 4.69) is 10.00 Å². The van der Waals surface area contributed by atoms with Gasteiger partial charge >= 0.3 is 0 Å². The Morgan fingerprint density at radius 2 is 2.04 bits per heavy atom. The zero-order valence-corrected chi connectivity index (χ0v) is 13.1. The van der Waals surface area contributed by atoms with Gasteiger partial charge in [0, 0.05) is 18.8 Å². The molecule has 1 saturated heterocycles. The number of hydrogen-bond donors (Lipinski definition) is 1. The van der Waals surface area contributed by atoms with Gasteiger partial charge in [-0.1, -0.05) is 6.07 Å². The minimum atomic E-state index is -0.632. The molecule has 0 spiro atoms. The molecule has 6 heteroatoms. The van der Waals surface area contributed by atoms with E-state index in [1.165, 1.54) is 22.9 Å². The molecule has 1 fully saturated rings. The molecule has 3 rings (SSSR count).